The van der Waals surface area contributed by atoms with Crippen molar-refractivity contribution in [1.82, 2.24) is 9.55 Å². The minimum absolute atomic E-state index is 0.0935. The van der Waals surface area contributed by atoms with Gasteiger partial charge in [-0.25, -0.2) is 18.2 Å². The van der Waals surface area contributed by atoms with Crippen LogP contribution in [0.5, 0.6) is 5.75 Å². The Balaban J connectivity index is 1.59. The quantitative estimate of drug-likeness (QED) is 0.134. The van der Waals surface area contributed by atoms with Crippen LogP contribution in [0.4, 0.5) is 10.5 Å². The highest BCUT2D eigenvalue weighted by Gasteiger charge is 2.20. The van der Waals surface area contributed by atoms with Gasteiger partial charge in [-0.2, -0.15) is 0 Å². The average Bonchev–Trinajstić information content (AvgIpc) is 3.27. The molecule has 0 saturated heterocycles. The van der Waals surface area contributed by atoms with E-state index in [1.807, 2.05) is 55.5 Å². The lowest BCUT2D eigenvalue weighted by Crippen LogP contribution is -2.26. The number of para-hydroxylation sites is 1. The van der Waals surface area contributed by atoms with Crippen LogP contribution in [0.25, 0.3) is 22.2 Å². The molecule has 1 aromatic heterocycles. The predicted molar refractivity (Wildman–Crippen MR) is 169 cm³/mol. The van der Waals surface area contributed by atoms with Crippen LogP contribution in [0.2, 0.25) is 0 Å². The van der Waals surface area contributed by atoms with Crippen LogP contribution in [0.1, 0.15) is 65.3 Å². The molecule has 3 aromatic carbocycles. The van der Waals surface area contributed by atoms with Crippen molar-refractivity contribution >= 4 is 32.7 Å². The molecule has 0 spiro atoms. The molecule has 0 aliphatic carbocycles. The Morgan fingerprint density at radius 1 is 0.976 bits per heavy atom. The Kier molecular flexibility index (Phi) is 9.93. The summed E-state index contributed by atoms with van der Waals surface area (Å²) in [4.78, 5) is 17.2. The van der Waals surface area contributed by atoms with Crippen molar-refractivity contribution in [3.05, 3.63) is 78.1 Å². The van der Waals surface area contributed by atoms with E-state index in [-0.39, 0.29) is 11.6 Å². The lowest BCUT2D eigenvalue weighted by molar-refractivity contribution is 0.0207. The highest BCUT2D eigenvalue weighted by Crippen LogP contribution is 2.31. The summed E-state index contributed by atoms with van der Waals surface area (Å²) in [5, 5.41) is 3.09. The van der Waals surface area contributed by atoms with Crippen LogP contribution in [-0.4, -0.2) is 41.4 Å². The maximum absolute atomic E-state index is 12.3. The number of hydrogen-bond donors (Lipinski definition) is 1. The zero-order valence-corrected chi connectivity index (χ0v) is 26.0. The Labute approximate surface area is 249 Å². The normalized spacial score (nSPS) is 11.9. The van der Waals surface area contributed by atoms with E-state index in [0.29, 0.717) is 18.7 Å². The van der Waals surface area contributed by atoms with Crippen molar-refractivity contribution < 1.29 is 22.7 Å². The van der Waals surface area contributed by atoms with Gasteiger partial charge in [0, 0.05) is 24.2 Å². The van der Waals surface area contributed by atoms with Crippen LogP contribution in [0.3, 0.4) is 0 Å². The molecule has 0 aliphatic rings. The van der Waals surface area contributed by atoms with Crippen LogP contribution in [0.15, 0.2) is 66.7 Å². The van der Waals surface area contributed by atoms with E-state index in [4.69, 9.17) is 14.5 Å². The van der Waals surface area contributed by atoms with E-state index in [0.717, 1.165) is 58.5 Å². The van der Waals surface area contributed by atoms with Gasteiger partial charge in [0.1, 0.15) is 23.1 Å². The summed E-state index contributed by atoms with van der Waals surface area (Å²) < 4.78 is 37.6. The van der Waals surface area contributed by atoms with E-state index in [1.54, 1.807) is 26.8 Å². The third-order valence-corrected chi connectivity index (χ3v) is 8.28. The van der Waals surface area contributed by atoms with Crippen molar-refractivity contribution in [2.45, 2.75) is 72.4 Å². The highest BCUT2D eigenvalue weighted by atomic mass is 32.2. The van der Waals surface area contributed by atoms with Gasteiger partial charge in [0.15, 0.2) is 9.84 Å². The topological polar surface area (TPSA) is 99.5 Å². The van der Waals surface area contributed by atoms with E-state index < -0.39 is 21.6 Å². The summed E-state index contributed by atoms with van der Waals surface area (Å²) in [7, 11) is -3.16. The number of unbranched alkanes of at least 4 members (excludes halogenated alkanes) is 1. The standard InChI is InChI=1S/C33H41N3O5S/c1-6-8-13-31-35-28-19-18-26(34-23-42(38,39)20-7-2)21-29(28)36(31)22-24-14-16-25(17-15-24)27-11-9-10-12-30(27)40-32(37)41-33(3,4)5/h9-12,14-19,21,34H,6-8,13,20,22-23H2,1-5H3. The zero-order chi connectivity index (χ0) is 30.3. The number of nitrogens with one attached hydrogen (secondary N) is 1. The van der Waals surface area contributed by atoms with Crippen LogP contribution >= 0.6 is 0 Å². The molecule has 0 atom stereocenters. The molecule has 0 fully saturated rings. The second kappa shape index (κ2) is 13.4. The third-order valence-electron chi connectivity index (χ3n) is 6.67. The molecule has 4 rings (SSSR count). The van der Waals surface area contributed by atoms with Gasteiger partial charge in [0.25, 0.3) is 0 Å². The van der Waals surface area contributed by atoms with E-state index in [2.05, 4.69) is 28.9 Å². The van der Waals surface area contributed by atoms with Gasteiger partial charge >= 0.3 is 6.16 Å². The first-order valence-corrected chi connectivity index (χ1v) is 16.3. The number of hydrogen-bond acceptors (Lipinski definition) is 7. The Bertz CT molecular complexity index is 1620. The molecule has 0 radical (unpaired) electrons. The molecule has 1 heterocycles. The van der Waals surface area contributed by atoms with Crippen molar-refractivity contribution in [1.29, 1.82) is 0 Å². The lowest BCUT2D eigenvalue weighted by atomic mass is 10.0. The van der Waals surface area contributed by atoms with E-state index in [1.165, 1.54) is 0 Å². The number of imidazole rings is 1. The molecule has 0 unspecified atom stereocenters. The average molecular weight is 592 g/mol. The number of benzene rings is 3. The maximum atomic E-state index is 12.3. The van der Waals surface area contributed by atoms with Crippen molar-refractivity contribution in [3.63, 3.8) is 0 Å². The molecule has 0 saturated carbocycles. The largest absolute Gasteiger partial charge is 0.514 e. The Morgan fingerprint density at radius 3 is 2.40 bits per heavy atom. The third kappa shape index (κ3) is 8.35. The first-order valence-electron chi connectivity index (χ1n) is 14.5. The zero-order valence-electron chi connectivity index (χ0n) is 25.1. The minimum atomic E-state index is -3.16. The van der Waals surface area contributed by atoms with Gasteiger partial charge in [-0.3, -0.25) is 0 Å². The van der Waals surface area contributed by atoms with Crippen LogP contribution < -0.4 is 10.1 Å². The monoisotopic (exact) mass is 591 g/mol. The number of aryl methyl sites for hydroxylation is 1. The van der Waals surface area contributed by atoms with Crippen molar-refractivity contribution in [2.75, 3.05) is 16.9 Å². The second-order valence-corrected chi connectivity index (χ2v) is 13.6. The molecule has 8 nitrogen and oxygen atoms in total. The molecule has 4 aromatic rings. The molecule has 9 heteroatoms. The lowest BCUT2D eigenvalue weighted by Gasteiger charge is -2.19. The summed E-state index contributed by atoms with van der Waals surface area (Å²) in [5.74, 6) is 1.50. The van der Waals surface area contributed by atoms with Gasteiger partial charge in [0.2, 0.25) is 0 Å². The van der Waals surface area contributed by atoms with Crippen molar-refractivity contribution in [2.24, 2.45) is 0 Å². The van der Waals surface area contributed by atoms with Gasteiger partial charge in [-0.15, -0.1) is 0 Å². The maximum Gasteiger partial charge on any atom is 0.514 e. The van der Waals surface area contributed by atoms with Gasteiger partial charge in [0.05, 0.1) is 16.8 Å². The molecule has 42 heavy (non-hydrogen) atoms. The van der Waals surface area contributed by atoms with E-state index >= 15 is 0 Å². The molecule has 0 amide bonds. The molecule has 224 valence electrons. The van der Waals surface area contributed by atoms with Gasteiger partial charge in [-0.05, 0) is 69.0 Å². The fourth-order valence-corrected chi connectivity index (χ4v) is 5.84. The molecular formula is C33H41N3O5S. The number of anilines is 1. The minimum Gasteiger partial charge on any atom is -0.428 e. The molecule has 0 bridgehead atoms. The number of ether oxygens (including phenoxy) is 2. The number of carbonyl (C=O) groups is 1. The second-order valence-electron chi connectivity index (χ2n) is 11.4. The summed E-state index contributed by atoms with van der Waals surface area (Å²) in [6, 6.07) is 21.4. The first kappa shape index (κ1) is 31.1. The van der Waals surface area contributed by atoms with Crippen LogP contribution in [-0.2, 0) is 27.5 Å². The summed E-state index contributed by atoms with van der Waals surface area (Å²) in [6.07, 6.45) is 2.79. The Morgan fingerprint density at radius 2 is 1.71 bits per heavy atom. The number of carbonyl (C=O) groups excluding carboxylic acids is 1. The van der Waals surface area contributed by atoms with Gasteiger partial charge in [-0.1, -0.05) is 62.7 Å². The summed E-state index contributed by atoms with van der Waals surface area (Å²) in [6.45, 7) is 10.0. The number of rotatable bonds is 12. The number of sulfone groups is 1. The first-order chi connectivity index (χ1) is 20.0. The number of aromatic nitrogens is 2. The number of fused-ring (bicyclic) bond motifs is 1. The van der Waals surface area contributed by atoms with Crippen LogP contribution in [0, 0.1) is 0 Å². The highest BCUT2D eigenvalue weighted by molar-refractivity contribution is 7.91. The molecular weight excluding hydrogens is 550 g/mol. The summed E-state index contributed by atoms with van der Waals surface area (Å²) >= 11 is 0. The predicted octanol–water partition coefficient (Wildman–Crippen LogP) is 7.60. The number of nitrogens with zero attached hydrogens (tertiary/aromatic N) is 2. The van der Waals surface area contributed by atoms with E-state index in [9.17, 15) is 13.2 Å². The SMILES string of the molecule is CCCCc1nc2ccc(NCS(=O)(=O)CCC)cc2n1Cc1ccc(-c2ccccc2OC(=O)OC(C)(C)C)cc1. The fraction of sp³-hybridized carbons (Fsp3) is 0.394. The Hall–Kier alpha value is -3.85. The molecule has 0 aliphatic heterocycles. The smallest absolute Gasteiger partial charge is 0.428 e. The fourth-order valence-electron chi connectivity index (χ4n) is 4.69. The molecule has 1 N–H and O–H groups in total. The van der Waals surface area contributed by atoms with Crippen molar-refractivity contribution in [3.8, 4) is 16.9 Å². The summed E-state index contributed by atoms with van der Waals surface area (Å²) in [5.41, 5.74) is 4.74. The van der Waals surface area contributed by atoms with Gasteiger partial charge < -0.3 is 19.4 Å².